The quantitative estimate of drug-likeness (QED) is 0.0546. The van der Waals surface area contributed by atoms with Gasteiger partial charge in [0.2, 0.25) is 0 Å². The lowest BCUT2D eigenvalue weighted by atomic mass is 9.79. The maximum absolute atomic E-state index is 10.1. The molecular formula is C57H39N4+. The van der Waals surface area contributed by atoms with Gasteiger partial charge in [-0.2, -0.15) is 5.43 Å². The van der Waals surface area contributed by atoms with Gasteiger partial charge in [-0.05, 0) is 124 Å². The Morgan fingerprint density at radius 3 is 1.26 bits per heavy atom. The van der Waals surface area contributed by atoms with Crippen molar-refractivity contribution in [1.29, 1.82) is 5.41 Å². The molecule has 0 atom stereocenters. The van der Waals surface area contributed by atoms with Crippen molar-refractivity contribution in [2.75, 3.05) is 0 Å². The lowest BCUT2D eigenvalue weighted by Gasteiger charge is -2.24. The summed E-state index contributed by atoms with van der Waals surface area (Å²) in [6.07, 6.45) is 8.03. The van der Waals surface area contributed by atoms with Crippen LogP contribution in [-0.4, -0.2) is 16.4 Å². The van der Waals surface area contributed by atoms with Crippen molar-refractivity contribution in [3.8, 4) is 33.4 Å². The van der Waals surface area contributed by atoms with Crippen LogP contribution in [-0.2, 0) is 0 Å². The van der Waals surface area contributed by atoms with Gasteiger partial charge >= 0.3 is 0 Å². The monoisotopic (exact) mass is 779 g/mol. The van der Waals surface area contributed by atoms with Crippen LogP contribution in [0.5, 0.6) is 0 Å². The molecule has 0 radical (unpaired) electrons. The zero-order valence-corrected chi connectivity index (χ0v) is 33.3. The Morgan fingerprint density at radius 2 is 0.803 bits per heavy atom. The first-order valence-electron chi connectivity index (χ1n) is 20.6. The number of nitrogens with one attached hydrogen (secondary N) is 1. The summed E-state index contributed by atoms with van der Waals surface area (Å²) in [6, 6.07) is 68.5. The Balaban J connectivity index is 1.17. The maximum Gasteiger partial charge on any atom is 0.155 e. The molecule has 1 aliphatic carbocycles. The summed E-state index contributed by atoms with van der Waals surface area (Å²) < 4.78 is 0. The van der Waals surface area contributed by atoms with E-state index in [0.717, 1.165) is 77.0 Å². The Labute approximate surface area is 354 Å². The van der Waals surface area contributed by atoms with Crippen molar-refractivity contribution in [2.45, 2.75) is 0 Å². The lowest BCUT2D eigenvalue weighted by molar-refractivity contribution is -0.577. The average Bonchev–Trinajstić information content (AvgIpc) is 3.33. The van der Waals surface area contributed by atoms with Gasteiger partial charge in [0.15, 0.2) is 5.69 Å². The summed E-state index contributed by atoms with van der Waals surface area (Å²) in [7, 11) is 0. The van der Waals surface area contributed by atoms with Crippen LogP contribution in [0.4, 0.5) is 5.69 Å². The summed E-state index contributed by atoms with van der Waals surface area (Å²) in [6.45, 7) is 0. The van der Waals surface area contributed by atoms with Crippen LogP contribution in [0.2, 0.25) is 0 Å². The Bertz CT molecular complexity index is 3310. The minimum atomic E-state index is 0.379. The van der Waals surface area contributed by atoms with E-state index in [-0.39, 0.29) is 0 Å². The summed E-state index contributed by atoms with van der Waals surface area (Å²) in [4.78, 5) is 4.30. The number of nitrogens with two attached hydrogens (primary N) is 1. The second-order valence-corrected chi connectivity index (χ2v) is 15.5. The average molecular weight is 780 g/mol. The van der Waals surface area contributed by atoms with E-state index in [9.17, 15) is 5.41 Å². The van der Waals surface area contributed by atoms with E-state index in [1.165, 1.54) is 27.5 Å². The summed E-state index contributed by atoms with van der Waals surface area (Å²) in [5, 5.41) is 24.4. The first kappa shape index (κ1) is 36.1. The van der Waals surface area contributed by atoms with Crippen LogP contribution in [0.15, 0.2) is 224 Å². The number of hydrogen-bond acceptors (Lipinski definition) is 3. The molecule has 0 saturated carbocycles. The fourth-order valence-electron chi connectivity index (χ4n) is 9.20. The second kappa shape index (κ2) is 15.3. The normalized spacial score (nSPS) is 13.6. The Kier molecular flexibility index (Phi) is 9.03. The van der Waals surface area contributed by atoms with Crippen molar-refractivity contribution < 1.29 is 5.43 Å². The van der Waals surface area contributed by atoms with Crippen LogP contribution in [0.3, 0.4) is 0 Å². The molecule has 4 heteroatoms. The van der Waals surface area contributed by atoms with Crippen LogP contribution >= 0.6 is 0 Å². The molecular weight excluding hydrogens is 741 g/mol. The van der Waals surface area contributed by atoms with Crippen LogP contribution < -0.4 is 5.43 Å². The van der Waals surface area contributed by atoms with E-state index in [2.05, 4.69) is 205 Å². The van der Waals surface area contributed by atoms with Gasteiger partial charge in [0.25, 0.3) is 0 Å². The van der Waals surface area contributed by atoms with Crippen molar-refractivity contribution in [3.05, 3.63) is 230 Å². The number of allylic oxidation sites excluding steroid dienone is 4. The molecule has 3 N–H and O–H groups in total. The molecule has 286 valence electrons. The third kappa shape index (κ3) is 6.34. The molecule has 0 saturated heterocycles. The van der Waals surface area contributed by atoms with Gasteiger partial charge in [-0.25, -0.2) is 0 Å². The molecule has 0 bridgehead atoms. The summed E-state index contributed by atoms with van der Waals surface area (Å²) in [5.74, 6) is 0. The zero-order valence-electron chi connectivity index (χ0n) is 33.3. The van der Waals surface area contributed by atoms with Crippen molar-refractivity contribution in [1.82, 2.24) is 4.98 Å². The highest BCUT2D eigenvalue weighted by Crippen LogP contribution is 2.46. The number of benzene rings is 9. The molecule has 9 aromatic carbocycles. The molecule has 1 aromatic heterocycles. The first-order chi connectivity index (χ1) is 30.2. The van der Waals surface area contributed by atoms with Gasteiger partial charge in [-0.1, -0.05) is 169 Å². The van der Waals surface area contributed by atoms with Gasteiger partial charge in [0.05, 0.1) is 5.71 Å². The topological polar surface area (TPSA) is 65.7 Å². The summed E-state index contributed by atoms with van der Waals surface area (Å²) >= 11 is 0. The van der Waals surface area contributed by atoms with Crippen LogP contribution in [0.1, 0.15) is 11.1 Å². The number of hydrogen-bond donors (Lipinski definition) is 2. The molecule has 10 aromatic rings. The van der Waals surface area contributed by atoms with E-state index in [0.29, 0.717) is 11.4 Å². The van der Waals surface area contributed by atoms with E-state index < -0.39 is 0 Å². The lowest BCUT2D eigenvalue weighted by Crippen LogP contribution is -2.71. The molecule has 1 aliphatic rings. The molecule has 1 heterocycles. The number of fused-ring (bicyclic) bond motifs is 4. The number of rotatable bonds is 7. The van der Waals surface area contributed by atoms with E-state index in [4.69, 9.17) is 5.10 Å². The van der Waals surface area contributed by atoms with Crippen molar-refractivity contribution in [3.63, 3.8) is 0 Å². The van der Waals surface area contributed by atoms with Gasteiger partial charge < -0.3 is 0 Å². The SMILES string of the molecule is N=C1C(c2c3ccccc3c(-c3ccccc3)c3ccccc23)=CC(c2c3ccccc3c(-c3ccccc3)c3ccccc23)=CC1=N[NH2+]c1ccc(-c2cccnc2)cc1. The smallest absolute Gasteiger partial charge is 0.155 e. The van der Waals surface area contributed by atoms with Crippen molar-refractivity contribution in [2.24, 2.45) is 5.10 Å². The van der Waals surface area contributed by atoms with E-state index in [1.54, 1.807) is 6.20 Å². The van der Waals surface area contributed by atoms with Crippen LogP contribution in [0.25, 0.3) is 87.6 Å². The molecule has 0 unspecified atom stereocenters. The number of nitrogens with zero attached hydrogens (tertiary/aromatic N) is 2. The van der Waals surface area contributed by atoms with Gasteiger partial charge in [0, 0.05) is 30.1 Å². The third-order valence-electron chi connectivity index (χ3n) is 11.9. The second-order valence-electron chi connectivity index (χ2n) is 15.5. The highest BCUT2D eigenvalue weighted by molar-refractivity contribution is 6.63. The molecule has 0 amide bonds. The molecule has 0 fully saturated rings. The highest BCUT2D eigenvalue weighted by Gasteiger charge is 2.28. The van der Waals surface area contributed by atoms with Gasteiger partial charge in [-0.3, -0.25) is 10.4 Å². The predicted octanol–water partition coefficient (Wildman–Crippen LogP) is 13.4. The van der Waals surface area contributed by atoms with E-state index >= 15 is 0 Å². The fraction of sp³-hybridized carbons (Fsp3) is 0. The number of pyridine rings is 1. The van der Waals surface area contributed by atoms with Crippen LogP contribution in [0, 0.1) is 5.41 Å². The third-order valence-corrected chi connectivity index (χ3v) is 11.9. The fourth-order valence-corrected chi connectivity index (χ4v) is 9.20. The standard InChI is InChI=1S/C57H38N4/c58-57-51(56-49-27-13-11-25-47(49)54(39-18-5-2-6-19-39)48-26-12-14-28-50(48)56)34-41(35-52(57)61-60-42-31-29-37(30-32-42)40-20-15-33-59-36-40)55-45-23-9-7-21-43(45)53(38-16-3-1-4-17-38)44-22-8-10-24-46(44)55/h1-36,58,60H/p+1. The van der Waals surface area contributed by atoms with E-state index in [1.807, 2.05) is 17.7 Å². The summed E-state index contributed by atoms with van der Waals surface area (Å²) in [5.41, 5.74) is 14.7. The number of aromatic nitrogens is 1. The Hall–Kier alpha value is -8.05. The number of quaternary nitrogens is 1. The van der Waals surface area contributed by atoms with Gasteiger partial charge in [0.1, 0.15) is 5.71 Å². The first-order valence-corrected chi connectivity index (χ1v) is 20.6. The minimum absolute atomic E-state index is 0.379. The van der Waals surface area contributed by atoms with Crippen molar-refractivity contribution >= 4 is 71.3 Å². The molecule has 0 aliphatic heterocycles. The van der Waals surface area contributed by atoms with Gasteiger partial charge in [-0.15, -0.1) is 0 Å². The highest BCUT2D eigenvalue weighted by atomic mass is 15.3. The molecule has 61 heavy (non-hydrogen) atoms. The predicted molar refractivity (Wildman–Crippen MR) is 256 cm³/mol. The largest absolute Gasteiger partial charge is 0.298 e. The molecule has 11 rings (SSSR count). The zero-order chi connectivity index (χ0) is 40.7. The Morgan fingerprint density at radius 1 is 0.377 bits per heavy atom. The maximum atomic E-state index is 10.1. The minimum Gasteiger partial charge on any atom is -0.298 e. The molecule has 0 spiro atoms. The molecule has 4 nitrogen and oxygen atoms in total.